The van der Waals surface area contributed by atoms with Crippen LogP contribution < -0.4 is 5.32 Å². The van der Waals surface area contributed by atoms with E-state index in [9.17, 15) is 4.79 Å². The SMILES string of the molecule is CC(C)(C)OC(=O)N1CCN[C@@H](c2ccc(Cl)cc2Cl)C1. The zero-order chi connectivity index (χ0) is 15.6. The maximum Gasteiger partial charge on any atom is 0.410 e. The van der Waals surface area contributed by atoms with Crippen molar-refractivity contribution in [2.75, 3.05) is 19.6 Å². The van der Waals surface area contributed by atoms with Gasteiger partial charge in [-0.2, -0.15) is 0 Å². The fourth-order valence-corrected chi connectivity index (χ4v) is 2.77. The molecule has 1 saturated heterocycles. The highest BCUT2D eigenvalue weighted by Crippen LogP contribution is 2.28. The summed E-state index contributed by atoms with van der Waals surface area (Å²) in [5, 5.41) is 4.57. The maximum atomic E-state index is 12.2. The zero-order valence-corrected chi connectivity index (χ0v) is 14.0. The molecule has 0 bridgehead atoms. The molecule has 1 aromatic carbocycles. The van der Waals surface area contributed by atoms with Crippen molar-refractivity contribution >= 4 is 29.3 Å². The number of hydrogen-bond acceptors (Lipinski definition) is 3. The number of benzene rings is 1. The van der Waals surface area contributed by atoms with Crippen LogP contribution in [0.1, 0.15) is 32.4 Å². The molecule has 0 unspecified atom stereocenters. The van der Waals surface area contributed by atoms with Gasteiger partial charge in [-0.05, 0) is 38.5 Å². The lowest BCUT2D eigenvalue weighted by molar-refractivity contribution is 0.0195. The van der Waals surface area contributed by atoms with Crippen LogP contribution in [0.15, 0.2) is 18.2 Å². The van der Waals surface area contributed by atoms with Gasteiger partial charge in [0.15, 0.2) is 0 Å². The third-order valence-corrected chi connectivity index (χ3v) is 3.73. The first kappa shape index (κ1) is 16.4. The molecule has 0 spiro atoms. The van der Waals surface area contributed by atoms with Gasteiger partial charge in [-0.25, -0.2) is 4.79 Å². The molecule has 2 rings (SSSR count). The van der Waals surface area contributed by atoms with Crippen LogP contribution in [0, 0.1) is 0 Å². The number of hydrogen-bond donors (Lipinski definition) is 1. The van der Waals surface area contributed by atoms with E-state index in [1.54, 1.807) is 17.0 Å². The summed E-state index contributed by atoms with van der Waals surface area (Å²) < 4.78 is 5.42. The number of piperazine rings is 1. The van der Waals surface area contributed by atoms with Crippen LogP contribution in [-0.2, 0) is 4.74 Å². The van der Waals surface area contributed by atoms with Crippen molar-refractivity contribution in [1.82, 2.24) is 10.2 Å². The van der Waals surface area contributed by atoms with Gasteiger partial charge in [0.2, 0.25) is 0 Å². The second kappa shape index (κ2) is 6.42. The van der Waals surface area contributed by atoms with Gasteiger partial charge in [0.25, 0.3) is 0 Å². The lowest BCUT2D eigenvalue weighted by Gasteiger charge is -2.35. The van der Waals surface area contributed by atoms with Gasteiger partial charge in [-0.3, -0.25) is 0 Å². The van der Waals surface area contributed by atoms with E-state index in [1.807, 2.05) is 26.8 Å². The van der Waals surface area contributed by atoms with E-state index in [0.717, 1.165) is 5.56 Å². The van der Waals surface area contributed by atoms with E-state index in [4.69, 9.17) is 27.9 Å². The van der Waals surface area contributed by atoms with Crippen molar-refractivity contribution in [3.8, 4) is 0 Å². The van der Waals surface area contributed by atoms with Gasteiger partial charge in [0.05, 0.1) is 6.04 Å². The highest BCUT2D eigenvalue weighted by Gasteiger charge is 2.28. The van der Waals surface area contributed by atoms with Gasteiger partial charge < -0.3 is 15.0 Å². The Kier molecular flexibility index (Phi) is 5.02. The van der Waals surface area contributed by atoms with Gasteiger partial charge in [-0.1, -0.05) is 29.3 Å². The molecule has 0 saturated carbocycles. The average molecular weight is 331 g/mol. The fourth-order valence-electron chi connectivity index (χ4n) is 2.23. The number of rotatable bonds is 1. The van der Waals surface area contributed by atoms with Gasteiger partial charge >= 0.3 is 6.09 Å². The second-order valence-electron chi connectivity index (χ2n) is 6.10. The molecule has 1 atom stereocenters. The van der Waals surface area contributed by atoms with Crippen molar-refractivity contribution in [1.29, 1.82) is 0 Å². The third kappa shape index (κ3) is 4.50. The smallest absolute Gasteiger partial charge is 0.410 e. The third-order valence-electron chi connectivity index (χ3n) is 3.17. The number of carbonyl (C=O) groups excluding carboxylic acids is 1. The molecular formula is C15H20Cl2N2O2. The Balaban J connectivity index is 2.08. The Morgan fingerprint density at radius 2 is 2.10 bits per heavy atom. The van der Waals surface area contributed by atoms with Gasteiger partial charge in [0.1, 0.15) is 5.60 Å². The first-order chi connectivity index (χ1) is 9.76. The normalized spacial score (nSPS) is 19.5. The second-order valence-corrected chi connectivity index (χ2v) is 6.94. The summed E-state index contributed by atoms with van der Waals surface area (Å²) in [7, 11) is 0. The van der Waals surface area contributed by atoms with Crippen LogP contribution in [0.2, 0.25) is 10.0 Å². The van der Waals surface area contributed by atoms with Crippen molar-refractivity contribution < 1.29 is 9.53 Å². The van der Waals surface area contributed by atoms with Crippen molar-refractivity contribution in [2.45, 2.75) is 32.4 Å². The van der Waals surface area contributed by atoms with Crippen molar-refractivity contribution in [3.63, 3.8) is 0 Å². The molecule has 21 heavy (non-hydrogen) atoms. The van der Waals surface area contributed by atoms with E-state index >= 15 is 0 Å². The number of nitrogens with zero attached hydrogens (tertiary/aromatic N) is 1. The van der Waals surface area contributed by atoms with Gasteiger partial charge in [-0.15, -0.1) is 0 Å². The maximum absolute atomic E-state index is 12.2. The Bertz CT molecular complexity index is 529. The quantitative estimate of drug-likeness (QED) is 0.849. The number of carbonyl (C=O) groups is 1. The van der Waals surface area contributed by atoms with Gasteiger partial charge in [0, 0.05) is 29.7 Å². The minimum atomic E-state index is -0.491. The number of nitrogens with one attached hydrogen (secondary N) is 1. The molecule has 116 valence electrons. The van der Waals surface area contributed by atoms with Crippen molar-refractivity contribution in [3.05, 3.63) is 33.8 Å². The highest BCUT2D eigenvalue weighted by molar-refractivity contribution is 6.35. The monoisotopic (exact) mass is 330 g/mol. The van der Waals surface area contributed by atoms with E-state index in [2.05, 4.69) is 5.32 Å². The molecule has 0 aliphatic carbocycles. The van der Waals surface area contributed by atoms with Crippen LogP contribution >= 0.6 is 23.2 Å². The molecule has 1 heterocycles. The summed E-state index contributed by atoms with van der Waals surface area (Å²) in [5.74, 6) is 0. The molecule has 1 aliphatic rings. The van der Waals surface area contributed by atoms with E-state index in [-0.39, 0.29) is 12.1 Å². The molecule has 1 amide bonds. The molecule has 1 N–H and O–H groups in total. The van der Waals surface area contributed by atoms with E-state index < -0.39 is 5.60 Å². The van der Waals surface area contributed by atoms with Crippen LogP contribution in [0.4, 0.5) is 4.79 Å². The molecule has 1 fully saturated rings. The lowest BCUT2D eigenvalue weighted by atomic mass is 10.0. The molecule has 0 aromatic heterocycles. The molecule has 1 aromatic rings. The summed E-state index contributed by atoms with van der Waals surface area (Å²) in [5.41, 5.74) is 0.448. The predicted octanol–water partition coefficient (Wildman–Crippen LogP) is 3.87. The summed E-state index contributed by atoms with van der Waals surface area (Å²) in [4.78, 5) is 13.9. The number of amides is 1. The first-order valence-corrected chi connectivity index (χ1v) is 7.68. The summed E-state index contributed by atoms with van der Waals surface area (Å²) in [6, 6.07) is 5.39. The number of halogens is 2. The Morgan fingerprint density at radius 1 is 1.38 bits per heavy atom. The molecule has 1 aliphatic heterocycles. The number of ether oxygens (including phenoxy) is 1. The first-order valence-electron chi connectivity index (χ1n) is 6.92. The summed E-state index contributed by atoms with van der Waals surface area (Å²) >= 11 is 12.2. The molecule has 0 radical (unpaired) electrons. The Morgan fingerprint density at radius 3 is 2.71 bits per heavy atom. The fraction of sp³-hybridized carbons (Fsp3) is 0.533. The van der Waals surface area contributed by atoms with E-state index in [1.165, 1.54) is 0 Å². The Hall–Kier alpha value is -0.970. The minimum absolute atomic E-state index is 0.0176. The minimum Gasteiger partial charge on any atom is -0.444 e. The van der Waals surface area contributed by atoms with Crippen LogP contribution in [0.5, 0.6) is 0 Å². The molecular weight excluding hydrogens is 311 g/mol. The van der Waals surface area contributed by atoms with Crippen LogP contribution in [0.25, 0.3) is 0 Å². The largest absolute Gasteiger partial charge is 0.444 e. The van der Waals surface area contributed by atoms with Crippen LogP contribution in [0.3, 0.4) is 0 Å². The predicted molar refractivity (Wildman–Crippen MR) is 85.0 cm³/mol. The average Bonchev–Trinajstić information content (AvgIpc) is 2.37. The summed E-state index contributed by atoms with van der Waals surface area (Å²) in [6.07, 6.45) is -0.293. The van der Waals surface area contributed by atoms with Crippen molar-refractivity contribution in [2.24, 2.45) is 0 Å². The zero-order valence-electron chi connectivity index (χ0n) is 12.5. The highest BCUT2D eigenvalue weighted by atomic mass is 35.5. The summed E-state index contributed by atoms with van der Waals surface area (Å²) in [6.45, 7) is 7.43. The standard InChI is InChI=1S/C15H20Cl2N2O2/c1-15(2,3)21-14(20)19-7-6-18-13(9-19)11-5-4-10(16)8-12(11)17/h4-5,8,13,18H,6-7,9H2,1-3H3/t13-/m1/s1. The van der Waals surface area contributed by atoms with E-state index in [0.29, 0.717) is 29.7 Å². The molecule has 6 heteroatoms. The molecule has 4 nitrogen and oxygen atoms in total. The lowest BCUT2D eigenvalue weighted by Crippen LogP contribution is -2.49. The topological polar surface area (TPSA) is 41.6 Å². The Labute approximate surface area is 135 Å². The van der Waals surface area contributed by atoms with Crippen LogP contribution in [-0.4, -0.2) is 36.2 Å².